The van der Waals surface area contributed by atoms with Crippen molar-refractivity contribution in [2.45, 2.75) is 12.8 Å². The summed E-state index contributed by atoms with van der Waals surface area (Å²) in [6.45, 7) is 0. The molecule has 0 saturated heterocycles. The maximum atomic E-state index is 6.24. The Labute approximate surface area is 217 Å². The van der Waals surface area contributed by atoms with Gasteiger partial charge in [0.2, 0.25) is 0 Å². The summed E-state index contributed by atoms with van der Waals surface area (Å²) in [6, 6.07) is 38.4. The quantitative estimate of drug-likeness (QED) is 0.191. The number of fused-ring (bicyclic) bond motifs is 3. The van der Waals surface area contributed by atoms with E-state index >= 15 is 0 Å². The van der Waals surface area contributed by atoms with Gasteiger partial charge in [0, 0.05) is 0 Å². The fraction of sp³-hybridized carbons (Fsp3) is 0.0645. The van der Waals surface area contributed by atoms with Gasteiger partial charge in [-0.3, -0.25) is 6.08 Å². The molecule has 4 aromatic carbocycles. The van der Waals surface area contributed by atoms with E-state index in [9.17, 15) is 0 Å². The van der Waals surface area contributed by atoms with Crippen LogP contribution in [0.25, 0.3) is 11.1 Å². The van der Waals surface area contributed by atoms with Crippen LogP contribution in [0.4, 0.5) is 0 Å². The van der Waals surface area contributed by atoms with Crippen molar-refractivity contribution in [3.63, 3.8) is 0 Å². The smallest absolute Gasteiger partial charge is 0.0253 e. The van der Waals surface area contributed by atoms with Crippen LogP contribution in [-0.4, -0.2) is 3.21 Å². The third-order valence-corrected chi connectivity index (χ3v) is 10.1. The molecule has 2 aliphatic carbocycles. The van der Waals surface area contributed by atoms with E-state index in [-0.39, 0.29) is 0 Å². The van der Waals surface area contributed by atoms with Gasteiger partial charge < -0.3 is 0 Å². The first-order chi connectivity index (χ1) is 16.7. The van der Waals surface area contributed by atoms with Gasteiger partial charge in [-0.15, -0.1) is 12.0 Å². The molecule has 0 radical (unpaired) electrons. The summed E-state index contributed by atoms with van der Waals surface area (Å²) < 4.78 is 1.15. The van der Waals surface area contributed by atoms with Crippen molar-refractivity contribution < 1.29 is 18.9 Å². The summed E-state index contributed by atoms with van der Waals surface area (Å²) in [5, 5.41) is 0. The number of halogens is 2. The van der Waals surface area contributed by atoms with Gasteiger partial charge in [-0.1, -0.05) is 35.4 Å². The van der Waals surface area contributed by atoms with Gasteiger partial charge in [0.25, 0.3) is 0 Å². The second-order valence-electron chi connectivity index (χ2n) is 7.77. The van der Waals surface area contributed by atoms with Crippen molar-refractivity contribution in [2.75, 3.05) is 0 Å². The molecule has 0 bridgehead atoms. The molecule has 34 heavy (non-hydrogen) atoms. The first-order valence-electron chi connectivity index (χ1n) is 11.2. The van der Waals surface area contributed by atoms with Crippen molar-refractivity contribution in [1.82, 2.24) is 0 Å². The van der Waals surface area contributed by atoms with Crippen molar-refractivity contribution in [1.29, 1.82) is 0 Å². The summed E-state index contributed by atoms with van der Waals surface area (Å²) in [7, 11) is 12.5. The monoisotopic (exact) mass is 556 g/mol. The predicted octanol–water partition coefficient (Wildman–Crippen LogP) is 8.54. The molecule has 3 heteroatoms. The molecule has 0 nitrogen and oxygen atoms in total. The molecule has 4 aromatic rings. The van der Waals surface area contributed by atoms with Crippen LogP contribution in [-0.2, 0) is 25.3 Å². The first-order valence-corrected chi connectivity index (χ1v) is 18.8. The van der Waals surface area contributed by atoms with E-state index in [0.717, 1.165) is 27.2 Å². The van der Waals surface area contributed by atoms with Crippen LogP contribution in [0, 0.1) is 12.1 Å². The summed E-state index contributed by atoms with van der Waals surface area (Å²) in [4.78, 5) is 0. The van der Waals surface area contributed by atoms with Gasteiger partial charge in [-0.05, 0) is 6.42 Å². The molecule has 0 atom stereocenters. The van der Waals surface area contributed by atoms with Crippen LogP contribution < -0.4 is 0 Å². The first kappa shape index (κ1) is 24.8. The Bertz CT molecular complexity index is 1210. The van der Waals surface area contributed by atoms with Gasteiger partial charge >= 0.3 is 111 Å². The topological polar surface area (TPSA) is 0 Å². The molecule has 0 amide bonds. The van der Waals surface area contributed by atoms with Gasteiger partial charge in [0.1, 0.15) is 0 Å². The molecule has 0 spiro atoms. The van der Waals surface area contributed by atoms with Crippen LogP contribution in [0.2, 0.25) is 0 Å². The number of hydrogen-bond acceptors (Lipinski definition) is 0. The minimum atomic E-state index is -2.44. The number of benzene rings is 4. The fourth-order valence-electron chi connectivity index (χ4n) is 3.93. The van der Waals surface area contributed by atoms with Crippen molar-refractivity contribution >= 4 is 20.2 Å². The summed E-state index contributed by atoms with van der Waals surface area (Å²) in [6.07, 6.45) is 11.0. The zero-order valence-electron chi connectivity index (χ0n) is 18.7. The molecule has 0 N–H and O–H groups in total. The van der Waals surface area contributed by atoms with E-state index < -0.39 is 18.9 Å². The Morgan fingerprint density at radius 1 is 0.706 bits per heavy atom. The molecule has 0 fully saturated rings. The average Bonchev–Trinajstić information content (AvgIpc) is 3.58. The number of allylic oxidation sites excluding steroid dienone is 4. The van der Waals surface area contributed by atoms with Gasteiger partial charge in [-0.2, -0.15) is 35.9 Å². The second kappa shape index (κ2) is 13.0. The van der Waals surface area contributed by atoms with E-state index in [0.29, 0.717) is 0 Å². The van der Waals surface area contributed by atoms with Crippen LogP contribution in [0.5, 0.6) is 0 Å². The fourth-order valence-corrected chi connectivity index (χ4v) is 8.41. The standard InChI is InChI=1S/C13H9.C13H10.C5H5.2ClH.Zr/c1-3-7-12-10(5-1)9-11-6-2-4-8-13(11)12;1-3-7-12(8-4-1)11-13-9-5-2-6-10-13;1-2-4-5-3-1;;;/h1-5,7-8H,9H2;1-10H;1-3H,4H2;2*1H;/q-1;;-1;;;+2/p-2. The zero-order chi connectivity index (χ0) is 23.6. The molecule has 0 saturated carbocycles. The van der Waals surface area contributed by atoms with E-state index in [1.165, 1.54) is 22.3 Å². The van der Waals surface area contributed by atoms with Crippen LogP contribution in [0.1, 0.15) is 28.7 Å². The third-order valence-electron chi connectivity index (χ3n) is 5.52. The van der Waals surface area contributed by atoms with Gasteiger partial charge in [0.15, 0.2) is 0 Å². The largest absolute Gasteiger partial charge is 0.179 e. The third kappa shape index (κ3) is 6.64. The van der Waals surface area contributed by atoms with Gasteiger partial charge in [0.05, 0.1) is 0 Å². The average molecular weight is 559 g/mol. The Morgan fingerprint density at radius 3 is 1.88 bits per heavy atom. The normalized spacial score (nSPS) is 11.9. The molecule has 0 aromatic heterocycles. The van der Waals surface area contributed by atoms with Crippen LogP contribution in [0.3, 0.4) is 0 Å². The number of hydrogen-bond donors (Lipinski definition) is 0. The van der Waals surface area contributed by atoms with E-state index in [4.69, 9.17) is 17.0 Å². The zero-order valence-corrected chi connectivity index (χ0v) is 22.7. The molecule has 168 valence electrons. The molecule has 0 aliphatic heterocycles. The Kier molecular flexibility index (Phi) is 9.46. The van der Waals surface area contributed by atoms with Crippen molar-refractivity contribution in [3.05, 3.63) is 156 Å². The Balaban J connectivity index is 0.000000136. The summed E-state index contributed by atoms with van der Waals surface area (Å²) in [5.41, 5.74) is 7.80. The number of rotatable bonds is 2. The summed E-state index contributed by atoms with van der Waals surface area (Å²) >= 11 is -2.44. The van der Waals surface area contributed by atoms with Crippen molar-refractivity contribution in [3.8, 4) is 11.1 Å². The van der Waals surface area contributed by atoms with Crippen LogP contribution >= 0.6 is 17.0 Å². The van der Waals surface area contributed by atoms with Gasteiger partial charge in [-0.25, -0.2) is 12.2 Å². The molecular formula is C31H24Cl2Zr-2. The SMILES string of the molecule is [C-]1=CC=CC1.[Cl][Zr]([Cl])=[C](c1ccccc1)c1ccccc1.[c-]1cccc2c1Cc1ccccc1-2. The maximum absolute atomic E-state index is 6.24. The Hall–Kier alpha value is -2.31. The molecular weight excluding hydrogens is 534 g/mol. The van der Waals surface area contributed by atoms with E-state index in [1.807, 2.05) is 54.6 Å². The molecule has 6 rings (SSSR count). The minimum absolute atomic E-state index is 1.01. The maximum Gasteiger partial charge on any atom is -0.0253 e. The second-order valence-corrected chi connectivity index (χ2v) is 15.9. The minimum Gasteiger partial charge on any atom is -0.179 e. The predicted molar refractivity (Wildman–Crippen MR) is 143 cm³/mol. The van der Waals surface area contributed by atoms with E-state index in [1.54, 1.807) is 0 Å². The summed E-state index contributed by atoms with van der Waals surface area (Å²) in [5.74, 6) is 0. The van der Waals surface area contributed by atoms with Crippen LogP contribution in [0.15, 0.2) is 121 Å². The van der Waals surface area contributed by atoms with Crippen molar-refractivity contribution in [2.24, 2.45) is 0 Å². The van der Waals surface area contributed by atoms with E-state index in [2.05, 4.69) is 78.9 Å². The Morgan fingerprint density at radius 2 is 1.32 bits per heavy atom. The molecule has 0 unspecified atom stereocenters. The molecule has 2 aliphatic rings. The molecule has 0 heterocycles.